The molecule has 86 valence electrons. The number of rotatable bonds is 7. The zero-order chi connectivity index (χ0) is 11.2. The lowest BCUT2D eigenvalue weighted by atomic mass is 10.2. The molecule has 0 aromatic rings. The summed E-state index contributed by atoms with van der Waals surface area (Å²) in [5.74, 6) is 0.116. The van der Waals surface area contributed by atoms with Crippen LogP contribution in [0.2, 0.25) is 12.6 Å². The Morgan fingerprint density at radius 1 is 1.50 bits per heavy atom. The zero-order valence-electron chi connectivity index (χ0n) is 9.62. The Morgan fingerprint density at radius 3 is 2.43 bits per heavy atom. The molecule has 0 rings (SSSR count). The molecule has 0 aliphatic rings. The number of aliphatic hydroxyl groups is 1. The molecule has 0 saturated carbocycles. The van der Waals surface area contributed by atoms with E-state index in [4.69, 9.17) is 8.85 Å². The Labute approximate surface area is 90.6 Å². The fraction of sp³-hybridized carbons (Fsp3) is 1.00. The van der Waals surface area contributed by atoms with Gasteiger partial charge in [-0.25, -0.2) is 0 Å². The first kappa shape index (κ1) is 14.5. The van der Waals surface area contributed by atoms with Crippen LogP contribution in [0.25, 0.3) is 0 Å². The molecule has 4 atom stereocenters. The smallest absolute Gasteiger partial charge is 0.335 e. The normalized spacial score (nSPS) is 20.1. The SMILES string of the molecule is CCC(O)CC[Si](C)(OC)OC(C)P. The van der Waals surface area contributed by atoms with Gasteiger partial charge in [-0.15, -0.1) is 9.24 Å². The standard InChI is InChI=1S/C9H23O3PSi/c1-5-9(10)6-7-14(4,11-3)12-8(2)13/h8-10H,5-7,13H2,1-4H3. The molecule has 0 aliphatic carbocycles. The van der Waals surface area contributed by atoms with Gasteiger partial charge in [0, 0.05) is 7.11 Å². The van der Waals surface area contributed by atoms with E-state index in [1.807, 2.05) is 20.4 Å². The summed E-state index contributed by atoms with van der Waals surface area (Å²) in [4.78, 5) is 0. The van der Waals surface area contributed by atoms with E-state index < -0.39 is 8.56 Å². The van der Waals surface area contributed by atoms with Crippen LogP contribution in [-0.4, -0.2) is 32.7 Å². The molecule has 4 unspecified atom stereocenters. The van der Waals surface area contributed by atoms with Crippen LogP contribution in [0.4, 0.5) is 0 Å². The molecular formula is C9H23O3PSi. The molecule has 0 bridgehead atoms. The van der Waals surface area contributed by atoms with E-state index in [1.165, 1.54) is 0 Å². The predicted molar refractivity (Wildman–Crippen MR) is 64.6 cm³/mol. The molecule has 0 aliphatic heterocycles. The minimum absolute atomic E-state index is 0.116. The van der Waals surface area contributed by atoms with Gasteiger partial charge >= 0.3 is 8.56 Å². The second-order valence-corrected chi connectivity index (χ2v) is 8.11. The van der Waals surface area contributed by atoms with Crippen LogP contribution in [0, 0.1) is 0 Å². The van der Waals surface area contributed by atoms with Crippen molar-refractivity contribution in [2.45, 2.75) is 51.2 Å². The van der Waals surface area contributed by atoms with Gasteiger partial charge in [0.15, 0.2) is 0 Å². The van der Waals surface area contributed by atoms with Crippen molar-refractivity contribution >= 4 is 17.8 Å². The summed E-state index contributed by atoms with van der Waals surface area (Å²) in [6.07, 6.45) is 1.34. The third kappa shape index (κ3) is 6.09. The first-order chi connectivity index (χ1) is 6.43. The van der Waals surface area contributed by atoms with Crippen molar-refractivity contribution in [2.24, 2.45) is 0 Å². The quantitative estimate of drug-likeness (QED) is 0.545. The second-order valence-electron chi connectivity index (χ2n) is 3.76. The topological polar surface area (TPSA) is 38.7 Å². The van der Waals surface area contributed by atoms with Crippen molar-refractivity contribution in [3.63, 3.8) is 0 Å². The highest BCUT2D eigenvalue weighted by Crippen LogP contribution is 2.20. The highest BCUT2D eigenvalue weighted by atomic mass is 31.0. The van der Waals surface area contributed by atoms with Crippen LogP contribution in [0.15, 0.2) is 0 Å². The van der Waals surface area contributed by atoms with Crippen LogP contribution >= 0.6 is 9.24 Å². The van der Waals surface area contributed by atoms with E-state index in [9.17, 15) is 5.11 Å². The summed E-state index contributed by atoms with van der Waals surface area (Å²) in [5.41, 5.74) is 0. The predicted octanol–water partition coefficient (Wildman–Crippen LogP) is 2.10. The molecule has 3 nitrogen and oxygen atoms in total. The van der Waals surface area contributed by atoms with E-state index in [1.54, 1.807) is 7.11 Å². The van der Waals surface area contributed by atoms with Crippen LogP contribution in [0.3, 0.4) is 0 Å². The fourth-order valence-corrected chi connectivity index (χ4v) is 4.16. The lowest BCUT2D eigenvalue weighted by Crippen LogP contribution is -2.39. The molecule has 5 heteroatoms. The van der Waals surface area contributed by atoms with Crippen molar-refractivity contribution in [2.75, 3.05) is 7.11 Å². The Hall–Kier alpha value is 0.527. The van der Waals surface area contributed by atoms with Gasteiger partial charge in [-0.2, -0.15) is 0 Å². The third-order valence-electron chi connectivity index (χ3n) is 2.27. The Bertz CT molecular complexity index is 157. The first-order valence-electron chi connectivity index (χ1n) is 5.10. The molecule has 0 fully saturated rings. The van der Waals surface area contributed by atoms with E-state index in [0.29, 0.717) is 0 Å². The van der Waals surface area contributed by atoms with E-state index in [-0.39, 0.29) is 11.9 Å². The summed E-state index contributed by atoms with van der Waals surface area (Å²) >= 11 is 0. The van der Waals surface area contributed by atoms with Gasteiger partial charge in [-0.3, -0.25) is 0 Å². The van der Waals surface area contributed by atoms with Crippen molar-refractivity contribution in [1.29, 1.82) is 0 Å². The summed E-state index contributed by atoms with van der Waals surface area (Å²) in [5, 5.41) is 9.46. The van der Waals surface area contributed by atoms with Crippen molar-refractivity contribution < 1.29 is 14.0 Å². The summed E-state index contributed by atoms with van der Waals surface area (Å²) in [7, 11) is 2.25. The number of hydrogen-bond acceptors (Lipinski definition) is 3. The van der Waals surface area contributed by atoms with Gasteiger partial charge in [-0.05, 0) is 32.4 Å². The maximum atomic E-state index is 9.46. The average Bonchev–Trinajstić information content (AvgIpc) is 2.13. The molecule has 0 aromatic carbocycles. The van der Waals surface area contributed by atoms with Crippen LogP contribution in [0.1, 0.15) is 26.7 Å². The maximum Gasteiger partial charge on any atom is 0.335 e. The molecule has 0 amide bonds. The molecule has 1 N–H and O–H groups in total. The van der Waals surface area contributed by atoms with Crippen LogP contribution in [-0.2, 0) is 8.85 Å². The lowest BCUT2D eigenvalue weighted by molar-refractivity contribution is 0.151. The third-order valence-corrected chi connectivity index (χ3v) is 5.61. The molecule has 0 radical (unpaired) electrons. The average molecular weight is 238 g/mol. The molecule has 14 heavy (non-hydrogen) atoms. The van der Waals surface area contributed by atoms with Crippen LogP contribution < -0.4 is 0 Å². The van der Waals surface area contributed by atoms with E-state index >= 15 is 0 Å². The van der Waals surface area contributed by atoms with E-state index in [0.717, 1.165) is 18.9 Å². The second kappa shape index (κ2) is 6.91. The summed E-state index contributed by atoms with van der Waals surface area (Å²) < 4.78 is 11.2. The lowest BCUT2D eigenvalue weighted by Gasteiger charge is -2.28. The Kier molecular flexibility index (Phi) is 7.17. The number of hydrogen-bond donors (Lipinski definition) is 1. The highest BCUT2D eigenvalue weighted by Gasteiger charge is 2.31. The maximum absolute atomic E-state index is 9.46. The Morgan fingerprint density at radius 2 is 2.07 bits per heavy atom. The zero-order valence-corrected chi connectivity index (χ0v) is 11.8. The van der Waals surface area contributed by atoms with Gasteiger partial charge < -0.3 is 14.0 Å². The monoisotopic (exact) mass is 238 g/mol. The van der Waals surface area contributed by atoms with Gasteiger partial charge in [0.1, 0.15) is 0 Å². The molecule has 0 spiro atoms. The van der Waals surface area contributed by atoms with E-state index in [2.05, 4.69) is 9.24 Å². The highest BCUT2D eigenvalue weighted by molar-refractivity contribution is 7.17. The van der Waals surface area contributed by atoms with Crippen molar-refractivity contribution in [3.05, 3.63) is 0 Å². The molecule has 0 aromatic heterocycles. The molecular weight excluding hydrogens is 215 g/mol. The van der Waals surface area contributed by atoms with Gasteiger partial charge in [0.2, 0.25) is 0 Å². The minimum atomic E-state index is -2.05. The molecule has 0 heterocycles. The van der Waals surface area contributed by atoms with Crippen molar-refractivity contribution in [1.82, 2.24) is 0 Å². The summed E-state index contributed by atoms with van der Waals surface area (Å²) in [6.45, 7) is 6.00. The first-order valence-corrected chi connectivity index (χ1v) is 8.29. The largest absolute Gasteiger partial charge is 0.398 e. The van der Waals surface area contributed by atoms with Crippen LogP contribution in [0.5, 0.6) is 0 Å². The van der Waals surface area contributed by atoms with Gasteiger partial charge in [0.25, 0.3) is 0 Å². The van der Waals surface area contributed by atoms with Crippen molar-refractivity contribution in [3.8, 4) is 0 Å². The van der Waals surface area contributed by atoms with Gasteiger partial charge in [0.05, 0.1) is 11.9 Å². The van der Waals surface area contributed by atoms with Gasteiger partial charge in [-0.1, -0.05) is 6.92 Å². The Balaban J connectivity index is 3.98. The summed E-state index contributed by atoms with van der Waals surface area (Å²) in [6, 6.07) is 0.844. The number of aliphatic hydroxyl groups excluding tert-OH is 1. The fourth-order valence-electron chi connectivity index (χ4n) is 1.24. The minimum Gasteiger partial charge on any atom is -0.398 e. The molecule has 0 saturated heterocycles.